The summed E-state index contributed by atoms with van der Waals surface area (Å²) < 4.78 is 5.05. The molecule has 1 aliphatic heterocycles. The lowest BCUT2D eigenvalue weighted by Gasteiger charge is -2.36. The van der Waals surface area contributed by atoms with E-state index >= 15 is 0 Å². The number of amides is 2. The molecule has 4 rings (SSSR count). The molecule has 2 aliphatic rings. The van der Waals surface area contributed by atoms with E-state index in [-0.39, 0.29) is 17.9 Å². The van der Waals surface area contributed by atoms with E-state index in [1.165, 1.54) is 4.88 Å². The Kier molecular flexibility index (Phi) is 5.62. The maximum Gasteiger partial charge on any atom is 0.409 e. The number of benzene rings is 1. The van der Waals surface area contributed by atoms with Crippen molar-refractivity contribution in [3.05, 3.63) is 40.9 Å². The number of nitrogens with zero attached hydrogens (tertiary/aromatic N) is 3. The van der Waals surface area contributed by atoms with Crippen LogP contribution in [0.1, 0.15) is 23.9 Å². The minimum absolute atomic E-state index is 0.0192. The van der Waals surface area contributed by atoms with Crippen LogP contribution in [0.4, 0.5) is 4.79 Å². The lowest BCUT2D eigenvalue weighted by molar-refractivity contribution is -0.137. The first kappa shape index (κ1) is 18.9. The standard InChI is InChI=1S/C21H25N3O3S/c1-2-27-21(26)24-12-10-23(11-13-24)20(25)16-8-9-17-18(14-16)28-19(22-17)15-6-4-3-5-7-15/h3-7,16H,2,8-14H2,1H3. The molecular weight excluding hydrogens is 374 g/mol. The monoisotopic (exact) mass is 399 g/mol. The maximum atomic E-state index is 13.0. The zero-order valence-electron chi connectivity index (χ0n) is 16.1. The molecule has 0 saturated carbocycles. The van der Waals surface area contributed by atoms with Crippen molar-refractivity contribution in [1.82, 2.24) is 14.8 Å². The molecule has 28 heavy (non-hydrogen) atoms. The Labute approximate surface area is 169 Å². The van der Waals surface area contributed by atoms with Crippen LogP contribution in [-0.2, 0) is 22.4 Å². The number of hydrogen-bond donors (Lipinski definition) is 0. The predicted molar refractivity (Wildman–Crippen MR) is 108 cm³/mol. The lowest BCUT2D eigenvalue weighted by atomic mass is 9.90. The lowest BCUT2D eigenvalue weighted by Crippen LogP contribution is -2.52. The molecule has 148 valence electrons. The Hall–Kier alpha value is -2.41. The average Bonchev–Trinajstić information content (AvgIpc) is 3.17. The summed E-state index contributed by atoms with van der Waals surface area (Å²) in [5.41, 5.74) is 2.29. The molecule has 0 radical (unpaired) electrons. The molecule has 2 heterocycles. The van der Waals surface area contributed by atoms with Crippen LogP contribution in [0.2, 0.25) is 0 Å². The molecule has 0 spiro atoms. The Morgan fingerprint density at radius 1 is 1.14 bits per heavy atom. The number of fused-ring (bicyclic) bond motifs is 1. The summed E-state index contributed by atoms with van der Waals surface area (Å²) in [5, 5.41) is 1.04. The van der Waals surface area contributed by atoms with Crippen LogP contribution in [0.5, 0.6) is 0 Å². The second kappa shape index (κ2) is 8.31. The van der Waals surface area contributed by atoms with Gasteiger partial charge in [0.25, 0.3) is 0 Å². The van der Waals surface area contributed by atoms with Crippen molar-refractivity contribution < 1.29 is 14.3 Å². The fourth-order valence-electron chi connectivity index (χ4n) is 3.87. The van der Waals surface area contributed by atoms with Crippen molar-refractivity contribution in [2.75, 3.05) is 32.8 Å². The van der Waals surface area contributed by atoms with Gasteiger partial charge in [0.05, 0.1) is 12.3 Å². The summed E-state index contributed by atoms with van der Waals surface area (Å²) in [6.45, 7) is 4.43. The fraction of sp³-hybridized carbons (Fsp3) is 0.476. The molecule has 0 bridgehead atoms. The number of carbonyl (C=O) groups excluding carboxylic acids is 2. The van der Waals surface area contributed by atoms with Crippen LogP contribution < -0.4 is 0 Å². The van der Waals surface area contributed by atoms with Gasteiger partial charge < -0.3 is 14.5 Å². The third kappa shape index (κ3) is 3.90. The summed E-state index contributed by atoms with van der Waals surface area (Å²) >= 11 is 1.71. The molecule has 6 nitrogen and oxygen atoms in total. The largest absolute Gasteiger partial charge is 0.450 e. The third-order valence-electron chi connectivity index (χ3n) is 5.43. The summed E-state index contributed by atoms with van der Waals surface area (Å²) in [5.74, 6) is 0.231. The van der Waals surface area contributed by atoms with Gasteiger partial charge in [0.2, 0.25) is 5.91 Å². The number of piperazine rings is 1. The first-order chi connectivity index (χ1) is 13.7. The van der Waals surface area contributed by atoms with Gasteiger partial charge in [-0.1, -0.05) is 30.3 Å². The number of thiazole rings is 1. The molecule has 0 N–H and O–H groups in total. The number of ether oxygens (including phenoxy) is 1. The van der Waals surface area contributed by atoms with Gasteiger partial charge in [0.1, 0.15) is 5.01 Å². The summed E-state index contributed by atoms with van der Waals surface area (Å²) in [6, 6.07) is 10.2. The molecule has 1 aromatic carbocycles. The van der Waals surface area contributed by atoms with E-state index in [0.29, 0.717) is 32.8 Å². The van der Waals surface area contributed by atoms with Gasteiger partial charge in [-0.3, -0.25) is 4.79 Å². The van der Waals surface area contributed by atoms with E-state index < -0.39 is 0 Å². The topological polar surface area (TPSA) is 62.7 Å². The number of carbonyl (C=O) groups is 2. The highest BCUT2D eigenvalue weighted by molar-refractivity contribution is 7.15. The van der Waals surface area contributed by atoms with Gasteiger partial charge in [0.15, 0.2) is 0 Å². The molecule has 2 amide bonds. The van der Waals surface area contributed by atoms with Crippen molar-refractivity contribution in [2.24, 2.45) is 5.92 Å². The van der Waals surface area contributed by atoms with Gasteiger partial charge >= 0.3 is 6.09 Å². The molecule has 1 aliphatic carbocycles. The van der Waals surface area contributed by atoms with Crippen molar-refractivity contribution >= 4 is 23.3 Å². The Balaban J connectivity index is 1.37. The number of aromatic nitrogens is 1. The first-order valence-electron chi connectivity index (χ1n) is 9.90. The summed E-state index contributed by atoms with van der Waals surface area (Å²) in [4.78, 5) is 34.5. The number of rotatable bonds is 3. The molecule has 1 aromatic heterocycles. The van der Waals surface area contributed by atoms with E-state index in [9.17, 15) is 9.59 Å². The van der Waals surface area contributed by atoms with Crippen LogP contribution in [0.15, 0.2) is 30.3 Å². The van der Waals surface area contributed by atoms with Crippen molar-refractivity contribution in [1.29, 1.82) is 0 Å². The predicted octanol–water partition coefficient (Wildman–Crippen LogP) is 3.22. The van der Waals surface area contributed by atoms with Crippen LogP contribution in [0.3, 0.4) is 0 Å². The highest BCUT2D eigenvalue weighted by Crippen LogP contribution is 2.35. The van der Waals surface area contributed by atoms with E-state index in [1.807, 2.05) is 23.1 Å². The van der Waals surface area contributed by atoms with Crippen LogP contribution in [0.25, 0.3) is 10.6 Å². The van der Waals surface area contributed by atoms with E-state index in [1.54, 1.807) is 23.2 Å². The molecule has 1 unspecified atom stereocenters. The zero-order valence-corrected chi connectivity index (χ0v) is 16.9. The SMILES string of the molecule is CCOC(=O)N1CCN(C(=O)C2CCc3nc(-c4ccccc4)sc3C2)CC1. The zero-order chi connectivity index (χ0) is 19.5. The Morgan fingerprint density at radius 3 is 2.57 bits per heavy atom. The van der Waals surface area contributed by atoms with Crippen LogP contribution >= 0.6 is 11.3 Å². The molecule has 7 heteroatoms. The van der Waals surface area contributed by atoms with Crippen LogP contribution in [0, 0.1) is 5.92 Å². The number of hydrogen-bond acceptors (Lipinski definition) is 5. The Morgan fingerprint density at radius 2 is 1.86 bits per heavy atom. The van der Waals surface area contributed by atoms with Gasteiger partial charge in [-0.2, -0.15) is 0 Å². The minimum atomic E-state index is -0.282. The normalized spacial score (nSPS) is 19.2. The van der Waals surface area contributed by atoms with Gasteiger partial charge in [-0.05, 0) is 26.2 Å². The van der Waals surface area contributed by atoms with E-state index in [2.05, 4.69) is 12.1 Å². The van der Waals surface area contributed by atoms with E-state index in [4.69, 9.17) is 9.72 Å². The molecule has 2 aromatic rings. The van der Waals surface area contributed by atoms with Crippen molar-refractivity contribution in [2.45, 2.75) is 26.2 Å². The highest BCUT2D eigenvalue weighted by atomic mass is 32.1. The fourth-order valence-corrected chi connectivity index (χ4v) is 5.07. The van der Waals surface area contributed by atoms with Crippen molar-refractivity contribution in [3.63, 3.8) is 0 Å². The van der Waals surface area contributed by atoms with Crippen molar-refractivity contribution in [3.8, 4) is 10.6 Å². The number of aryl methyl sites for hydroxylation is 1. The second-order valence-corrected chi connectivity index (χ2v) is 8.29. The maximum absolute atomic E-state index is 13.0. The molecule has 1 atom stereocenters. The molecule has 1 fully saturated rings. The van der Waals surface area contributed by atoms with Gasteiger partial charge in [-0.15, -0.1) is 11.3 Å². The smallest absolute Gasteiger partial charge is 0.409 e. The van der Waals surface area contributed by atoms with Crippen LogP contribution in [-0.4, -0.2) is 59.6 Å². The summed E-state index contributed by atoms with van der Waals surface area (Å²) in [6.07, 6.45) is 2.20. The molecule has 1 saturated heterocycles. The first-order valence-corrected chi connectivity index (χ1v) is 10.7. The van der Waals surface area contributed by atoms with E-state index in [0.717, 1.165) is 35.5 Å². The quantitative estimate of drug-likeness (QED) is 0.795. The summed E-state index contributed by atoms with van der Waals surface area (Å²) in [7, 11) is 0. The second-order valence-electron chi connectivity index (χ2n) is 7.21. The Bertz CT molecular complexity index is 844. The average molecular weight is 400 g/mol. The van der Waals surface area contributed by atoms with Gasteiger partial charge in [-0.25, -0.2) is 9.78 Å². The highest BCUT2D eigenvalue weighted by Gasteiger charge is 2.33. The minimum Gasteiger partial charge on any atom is -0.450 e. The third-order valence-corrected chi connectivity index (χ3v) is 6.60. The molecular formula is C21H25N3O3S. The van der Waals surface area contributed by atoms with Gasteiger partial charge in [0, 0.05) is 42.5 Å².